The number of hydrogen-bond donors (Lipinski definition) is 1. The molecule has 2 unspecified atom stereocenters. The minimum Gasteiger partial charge on any atom is -0.323 e. The third-order valence-electron chi connectivity index (χ3n) is 2.98. The van der Waals surface area contributed by atoms with E-state index in [0.29, 0.717) is 6.42 Å². The molecule has 0 amide bonds. The summed E-state index contributed by atoms with van der Waals surface area (Å²) in [7, 11) is -2.84. The fourth-order valence-electron chi connectivity index (χ4n) is 1.99. The summed E-state index contributed by atoms with van der Waals surface area (Å²) in [6.45, 7) is 2.02. The van der Waals surface area contributed by atoms with Gasteiger partial charge in [-0.1, -0.05) is 0 Å². The highest BCUT2D eigenvalue weighted by Crippen LogP contribution is 2.36. The Hall–Kier alpha value is 0.0900. The van der Waals surface area contributed by atoms with Crippen molar-refractivity contribution >= 4 is 37.1 Å². The quantitative estimate of drug-likeness (QED) is 0.908. The summed E-state index contributed by atoms with van der Waals surface area (Å²) in [5, 5.41) is 0. The maximum Gasteiger partial charge on any atom is 0.150 e. The van der Waals surface area contributed by atoms with Crippen LogP contribution in [0.1, 0.15) is 22.9 Å². The number of thiophene rings is 1. The van der Waals surface area contributed by atoms with Crippen LogP contribution < -0.4 is 5.73 Å². The zero-order valence-corrected chi connectivity index (χ0v) is 12.2. The average Bonchev–Trinajstić information content (AvgIpc) is 2.70. The highest BCUT2D eigenvalue weighted by atomic mass is 79.9. The molecule has 0 saturated carbocycles. The van der Waals surface area contributed by atoms with Crippen LogP contribution in [0, 0.1) is 12.8 Å². The van der Waals surface area contributed by atoms with Gasteiger partial charge < -0.3 is 5.73 Å². The maximum atomic E-state index is 11.4. The third kappa shape index (κ3) is 2.50. The van der Waals surface area contributed by atoms with E-state index in [1.807, 2.05) is 13.0 Å². The van der Waals surface area contributed by atoms with Gasteiger partial charge in [0.2, 0.25) is 0 Å². The molecule has 0 aromatic carbocycles. The van der Waals surface area contributed by atoms with Gasteiger partial charge in [0.25, 0.3) is 0 Å². The molecule has 1 aromatic heterocycles. The van der Waals surface area contributed by atoms with Crippen LogP contribution in [0.25, 0.3) is 0 Å². The van der Waals surface area contributed by atoms with Gasteiger partial charge in [0, 0.05) is 10.9 Å². The molecule has 1 aromatic rings. The van der Waals surface area contributed by atoms with E-state index in [4.69, 9.17) is 5.73 Å². The normalized spacial score (nSPS) is 25.8. The topological polar surface area (TPSA) is 60.2 Å². The van der Waals surface area contributed by atoms with E-state index in [0.717, 1.165) is 14.2 Å². The molecule has 1 fully saturated rings. The van der Waals surface area contributed by atoms with Crippen molar-refractivity contribution in [3.63, 3.8) is 0 Å². The second-order valence-corrected chi connectivity index (χ2v) is 8.92. The van der Waals surface area contributed by atoms with Gasteiger partial charge >= 0.3 is 0 Å². The van der Waals surface area contributed by atoms with Crippen molar-refractivity contribution in [1.82, 2.24) is 0 Å². The number of halogens is 1. The summed E-state index contributed by atoms with van der Waals surface area (Å²) in [5.74, 6) is 0.606. The number of hydrogen-bond acceptors (Lipinski definition) is 4. The first kappa shape index (κ1) is 12.5. The van der Waals surface area contributed by atoms with Crippen molar-refractivity contribution in [2.45, 2.75) is 19.4 Å². The van der Waals surface area contributed by atoms with Gasteiger partial charge in [-0.25, -0.2) is 8.42 Å². The van der Waals surface area contributed by atoms with E-state index in [2.05, 4.69) is 15.9 Å². The van der Waals surface area contributed by atoms with Crippen molar-refractivity contribution in [3.8, 4) is 0 Å². The predicted molar refractivity (Wildman–Crippen MR) is 70.4 cm³/mol. The monoisotopic (exact) mass is 323 g/mol. The van der Waals surface area contributed by atoms with E-state index < -0.39 is 9.84 Å². The molecule has 0 radical (unpaired) electrons. The molecule has 2 N–H and O–H groups in total. The molecule has 3 nitrogen and oxygen atoms in total. The average molecular weight is 324 g/mol. The Balaban J connectivity index is 2.17. The van der Waals surface area contributed by atoms with Crippen molar-refractivity contribution in [3.05, 3.63) is 20.3 Å². The van der Waals surface area contributed by atoms with Crippen LogP contribution >= 0.6 is 27.3 Å². The second kappa shape index (κ2) is 4.40. The van der Waals surface area contributed by atoms with E-state index in [1.54, 1.807) is 11.3 Å². The lowest BCUT2D eigenvalue weighted by molar-refractivity contribution is 0.486. The fourth-order valence-corrected chi connectivity index (χ4v) is 5.51. The summed E-state index contributed by atoms with van der Waals surface area (Å²) >= 11 is 5.07. The molecule has 16 heavy (non-hydrogen) atoms. The van der Waals surface area contributed by atoms with E-state index in [9.17, 15) is 8.42 Å². The molecule has 0 spiro atoms. The van der Waals surface area contributed by atoms with Crippen molar-refractivity contribution < 1.29 is 8.42 Å². The molecular weight excluding hydrogens is 310 g/mol. The molecule has 1 aliphatic heterocycles. The Kier molecular flexibility index (Phi) is 3.45. The van der Waals surface area contributed by atoms with Gasteiger partial charge in [0.15, 0.2) is 9.84 Å². The first-order valence-corrected chi connectivity index (χ1v) is 8.54. The summed E-state index contributed by atoms with van der Waals surface area (Å²) < 4.78 is 23.9. The van der Waals surface area contributed by atoms with E-state index >= 15 is 0 Å². The van der Waals surface area contributed by atoms with Crippen LogP contribution in [0.5, 0.6) is 0 Å². The summed E-state index contributed by atoms with van der Waals surface area (Å²) in [6, 6.07) is 1.90. The highest BCUT2D eigenvalue weighted by molar-refractivity contribution is 9.11. The van der Waals surface area contributed by atoms with Gasteiger partial charge in [-0.3, -0.25) is 0 Å². The number of sulfone groups is 1. The van der Waals surface area contributed by atoms with Gasteiger partial charge in [-0.15, -0.1) is 11.3 Å². The lowest BCUT2D eigenvalue weighted by Crippen LogP contribution is -2.21. The lowest BCUT2D eigenvalue weighted by atomic mass is 9.98. The Morgan fingerprint density at radius 2 is 2.31 bits per heavy atom. The Morgan fingerprint density at radius 3 is 2.75 bits per heavy atom. The van der Waals surface area contributed by atoms with Gasteiger partial charge in [0.1, 0.15) is 0 Å². The Bertz CT molecular complexity index is 475. The molecule has 2 rings (SSSR count). The summed E-state index contributed by atoms with van der Waals surface area (Å²) in [6.07, 6.45) is 0.693. The Morgan fingerprint density at radius 1 is 1.62 bits per heavy atom. The number of rotatable bonds is 2. The summed E-state index contributed by atoms with van der Waals surface area (Å²) in [4.78, 5) is 1.08. The molecule has 0 bridgehead atoms. The van der Waals surface area contributed by atoms with E-state index in [1.165, 1.54) is 0 Å². The highest BCUT2D eigenvalue weighted by Gasteiger charge is 2.33. The SMILES string of the molecule is Cc1cc(C(N)C2CCS(=O)(=O)C2)sc1Br. The molecule has 1 aliphatic rings. The molecule has 0 aliphatic carbocycles. The smallest absolute Gasteiger partial charge is 0.150 e. The van der Waals surface area contributed by atoms with Crippen molar-refractivity contribution in [2.24, 2.45) is 11.7 Å². The molecule has 2 atom stereocenters. The maximum absolute atomic E-state index is 11.4. The number of aryl methyl sites for hydroxylation is 1. The lowest BCUT2D eigenvalue weighted by Gasteiger charge is -2.15. The zero-order valence-electron chi connectivity index (χ0n) is 8.94. The molecular formula is C10H14BrNO2S2. The van der Waals surface area contributed by atoms with Crippen LogP contribution in [0.3, 0.4) is 0 Å². The standard InChI is InChI=1S/C10H14BrNO2S2/c1-6-4-8(15-10(6)11)9(12)7-2-3-16(13,14)5-7/h4,7,9H,2-3,5,12H2,1H3. The molecule has 90 valence electrons. The van der Waals surface area contributed by atoms with Gasteiger partial charge in [-0.2, -0.15) is 0 Å². The zero-order chi connectivity index (χ0) is 11.9. The van der Waals surface area contributed by atoms with Crippen LogP contribution in [-0.2, 0) is 9.84 Å². The minimum absolute atomic E-state index is 0.0787. The molecule has 6 heteroatoms. The third-order valence-corrected chi connectivity index (χ3v) is 7.01. The van der Waals surface area contributed by atoms with Gasteiger partial charge in [-0.05, 0) is 46.8 Å². The largest absolute Gasteiger partial charge is 0.323 e. The second-order valence-electron chi connectivity index (χ2n) is 4.29. The Labute approximate surface area is 108 Å². The molecule has 1 saturated heterocycles. The fraction of sp³-hybridized carbons (Fsp3) is 0.600. The van der Waals surface area contributed by atoms with Crippen molar-refractivity contribution in [2.75, 3.05) is 11.5 Å². The van der Waals surface area contributed by atoms with Crippen LogP contribution in [0.15, 0.2) is 9.85 Å². The van der Waals surface area contributed by atoms with Crippen LogP contribution in [0.4, 0.5) is 0 Å². The first-order valence-electron chi connectivity index (χ1n) is 5.11. The van der Waals surface area contributed by atoms with Gasteiger partial charge in [0.05, 0.1) is 15.3 Å². The van der Waals surface area contributed by atoms with Crippen LogP contribution in [-0.4, -0.2) is 19.9 Å². The number of nitrogens with two attached hydrogens (primary N) is 1. The summed E-state index contributed by atoms with van der Waals surface area (Å²) in [5.41, 5.74) is 7.29. The first-order chi connectivity index (χ1) is 7.39. The molecule has 2 heterocycles. The van der Waals surface area contributed by atoms with Crippen LogP contribution in [0.2, 0.25) is 0 Å². The van der Waals surface area contributed by atoms with E-state index in [-0.39, 0.29) is 23.5 Å². The minimum atomic E-state index is -2.84. The predicted octanol–water partition coefficient (Wildman–Crippen LogP) is 2.25. The van der Waals surface area contributed by atoms with Crippen molar-refractivity contribution in [1.29, 1.82) is 0 Å².